The van der Waals surface area contributed by atoms with Crippen LogP contribution in [0, 0.1) is 0 Å². The molecule has 2 aromatic heterocycles. The molecule has 0 aliphatic carbocycles. The molecule has 0 saturated heterocycles. The van der Waals surface area contributed by atoms with Crippen molar-refractivity contribution in [3.8, 4) is 11.3 Å². The molecule has 2 aromatic rings. The zero-order valence-electron chi connectivity index (χ0n) is 7.88. The van der Waals surface area contributed by atoms with Gasteiger partial charge < -0.3 is 5.73 Å². The molecule has 0 radical (unpaired) electrons. The van der Waals surface area contributed by atoms with Crippen molar-refractivity contribution in [3.05, 3.63) is 24.8 Å². The number of rotatable bonds is 2. The number of nitrogen functional groups attached to an aromatic ring is 1. The fraction of sp³-hybridized carbons (Fsp3) is 0.222. The van der Waals surface area contributed by atoms with Crippen LogP contribution in [0.4, 0.5) is 5.82 Å². The molecule has 0 aliphatic heterocycles. The van der Waals surface area contributed by atoms with Crippen molar-refractivity contribution in [3.63, 3.8) is 0 Å². The highest BCUT2D eigenvalue weighted by Gasteiger charge is 2.02. The number of aryl methyl sites for hydroxylation is 1. The van der Waals surface area contributed by atoms with Gasteiger partial charge in [0.05, 0.1) is 24.3 Å². The minimum Gasteiger partial charge on any atom is -0.382 e. The zero-order valence-corrected chi connectivity index (χ0v) is 7.88. The van der Waals surface area contributed by atoms with E-state index in [-0.39, 0.29) is 0 Å². The maximum absolute atomic E-state index is 5.53. The number of anilines is 1. The van der Waals surface area contributed by atoms with Gasteiger partial charge in [-0.15, -0.1) is 0 Å². The van der Waals surface area contributed by atoms with Gasteiger partial charge in [0.15, 0.2) is 0 Å². The Morgan fingerprint density at radius 2 is 2.21 bits per heavy atom. The second kappa shape index (κ2) is 3.45. The number of hydrogen-bond acceptors (Lipinski definition) is 4. The first kappa shape index (κ1) is 8.68. The van der Waals surface area contributed by atoms with Crippen molar-refractivity contribution in [2.45, 2.75) is 13.5 Å². The minimum atomic E-state index is 0.423. The number of hydrogen-bond donors (Lipinski definition) is 1. The summed E-state index contributed by atoms with van der Waals surface area (Å²) in [6.07, 6.45) is 6.87. The van der Waals surface area contributed by atoms with E-state index in [2.05, 4.69) is 15.1 Å². The third-order valence-corrected chi connectivity index (χ3v) is 1.91. The summed E-state index contributed by atoms with van der Waals surface area (Å²) >= 11 is 0. The summed E-state index contributed by atoms with van der Waals surface area (Å²) in [6, 6.07) is 0. The van der Waals surface area contributed by atoms with Crippen molar-refractivity contribution in [2.24, 2.45) is 0 Å². The fourth-order valence-corrected chi connectivity index (χ4v) is 1.19. The molecule has 0 unspecified atom stereocenters. The molecule has 0 spiro atoms. The van der Waals surface area contributed by atoms with Crippen LogP contribution in [0.5, 0.6) is 0 Å². The first-order valence-corrected chi connectivity index (χ1v) is 4.40. The molecular formula is C9H11N5. The van der Waals surface area contributed by atoms with Gasteiger partial charge in [0, 0.05) is 18.3 Å². The van der Waals surface area contributed by atoms with Gasteiger partial charge in [-0.2, -0.15) is 5.10 Å². The van der Waals surface area contributed by atoms with Gasteiger partial charge in [-0.1, -0.05) is 0 Å². The summed E-state index contributed by atoms with van der Waals surface area (Å²) < 4.78 is 1.83. The van der Waals surface area contributed by atoms with Crippen LogP contribution in [0.3, 0.4) is 0 Å². The molecule has 2 rings (SSSR count). The topological polar surface area (TPSA) is 69.6 Å². The molecule has 0 fully saturated rings. The minimum absolute atomic E-state index is 0.423. The Morgan fingerprint density at radius 3 is 2.86 bits per heavy atom. The molecule has 0 bridgehead atoms. The van der Waals surface area contributed by atoms with Gasteiger partial charge in [-0.3, -0.25) is 9.67 Å². The first-order valence-electron chi connectivity index (χ1n) is 4.40. The van der Waals surface area contributed by atoms with E-state index in [1.807, 2.05) is 17.8 Å². The van der Waals surface area contributed by atoms with E-state index in [1.165, 1.54) is 6.20 Å². The van der Waals surface area contributed by atoms with E-state index >= 15 is 0 Å². The summed E-state index contributed by atoms with van der Waals surface area (Å²) in [6.45, 7) is 2.87. The summed E-state index contributed by atoms with van der Waals surface area (Å²) in [5, 5.41) is 4.15. The van der Waals surface area contributed by atoms with Gasteiger partial charge in [0.1, 0.15) is 5.82 Å². The SMILES string of the molecule is CCn1cc(-c2cncc(N)n2)cn1. The van der Waals surface area contributed by atoms with Crippen LogP contribution in [0.25, 0.3) is 11.3 Å². The van der Waals surface area contributed by atoms with Gasteiger partial charge in [-0.25, -0.2) is 4.98 Å². The van der Waals surface area contributed by atoms with E-state index in [4.69, 9.17) is 5.73 Å². The Hall–Kier alpha value is -1.91. The Balaban J connectivity index is 2.39. The lowest BCUT2D eigenvalue weighted by Crippen LogP contribution is -1.93. The van der Waals surface area contributed by atoms with Crippen molar-refractivity contribution >= 4 is 5.82 Å². The van der Waals surface area contributed by atoms with Gasteiger partial charge >= 0.3 is 0 Å². The average Bonchev–Trinajstić information content (AvgIpc) is 2.66. The lowest BCUT2D eigenvalue weighted by Gasteiger charge is -1.96. The maximum atomic E-state index is 5.53. The number of nitrogens with two attached hydrogens (primary N) is 1. The lowest BCUT2D eigenvalue weighted by atomic mass is 10.3. The van der Waals surface area contributed by atoms with Crippen LogP contribution in [-0.4, -0.2) is 19.7 Å². The van der Waals surface area contributed by atoms with E-state index in [1.54, 1.807) is 12.4 Å². The Kier molecular flexibility index (Phi) is 2.14. The van der Waals surface area contributed by atoms with Gasteiger partial charge in [0.25, 0.3) is 0 Å². The van der Waals surface area contributed by atoms with Gasteiger partial charge in [-0.05, 0) is 6.92 Å². The summed E-state index contributed by atoms with van der Waals surface area (Å²) in [7, 11) is 0. The Bertz CT molecular complexity index is 434. The normalized spacial score (nSPS) is 10.4. The van der Waals surface area contributed by atoms with Crippen molar-refractivity contribution < 1.29 is 0 Å². The fourth-order valence-electron chi connectivity index (χ4n) is 1.19. The third kappa shape index (κ3) is 1.56. The second-order valence-corrected chi connectivity index (χ2v) is 2.91. The highest BCUT2D eigenvalue weighted by atomic mass is 15.3. The molecule has 14 heavy (non-hydrogen) atoms. The molecule has 0 aromatic carbocycles. The molecule has 5 heteroatoms. The first-order chi connectivity index (χ1) is 6.79. The molecule has 72 valence electrons. The molecule has 0 atom stereocenters. The molecule has 0 saturated carbocycles. The van der Waals surface area contributed by atoms with Gasteiger partial charge in [0.2, 0.25) is 0 Å². The standard InChI is InChI=1S/C9H11N5/c1-2-14-6-7(3-12-14)8-4-11-5-9(10)13-8/h3-6H,2H2,1H3,(H2,10,13). The van der Waals surface area contributed by atoms with Crippen LogP contribution < -0.4 is 5.73 Å². The summed E-state index contributed by atoms with van der Waals surface area (Å²) in [5.41, 5.74) is 7.23. The predicted molar refractivity (Wildman–Crippen MR) is 53.3 cm³/mol. The number of nitrogens with zero attached hydrogens (tertiary/aromatic N) is 4. The quantitative estimate of drug-likeness (QED) is 0.763. The summed E-state index contributed by atoms with van der Waals surface area (Å²) in [5.74, 6) is 0.423. The largest absolute Gasteiger partial charge is 0.382 e. The van der Waals surface area contributed by atoms with E-state index in [9.17, 15) is 0 Å². The smallest absolute Gasteiger partial charge is 0.142 e. The van der Waals surface area contributed by atoms with Crippen LogP contribution in [0.1, 0.15) is 6.92 Å². The monoisotopic (exact) mass is 189 g/mol. The number of aromatic nitrogens is 4. The second-order valence-electron chi connectivity index (χ2n) is 2.91. The van der Waals surface area contributed by atoms with Crippen molar-refractivity contribution in [1.29, 1.82) is 0 Å². The van der Waals surface area contributed by atoms with Crippen LogP contribution >= 0.6 is 0 Å². The van der Waals surface area contributed by atoms with E-state index in [0.717, 1.165) is 17.8 Å². The highest BCUT2D eigenvalue weighted by Crippen LogP contribution is 2.15. The van der Waals surface area contributed by atoms with Crippen LogP contribution in [0.15, 0.2) is 24.8 Å². The molecular weight excluding hydrogens is 178 g/mol. The average molecular weight is 189 g/mol. The van der Waals surface area contributed by atoms with E-state index < -0.39 is 0 Å². The lowest BCUT2D eigenvalue weighted by molar-refractivity contribution is 0.660. The highest BCUT2D eigenvalue weighted by molar-refractivity contribution is 5.57. The molecule has 5 nitrogen and oxygen atoms in total. The Labute approximate surface area is 81.6 Å². The molecule has 2 heterocycles. The summed E-state index contributed by atoms with van der Waals surface area (Å²) in [4.78, 5) is 8.12. The van der Waals surface area contributed by atoms with Crippen molar-refractivity contribution in [2.75, 3.05) is 5.73 Å². The molecule has 0 aliphatic rings. The van der Waals surface area contributed by atoms with Crippen LogP contribution in [0.2, 0.25) is 0 Å². The maximum Gasteiger partial charge on any atom is 0.142 e. The van der Waals surface area contributed by atoms with Crippen molar-refractivity contribution in [1.82, 2.24) is 19.7 Å². The third-order valence-electron chi connectivity index (χ3n) is 1.91. The predicted octanol–water partition coefficient (Wildman–Crippen LogP) is 0.942. The zero-order chi connectivity index (χ0) is 9.97. The Morgan fingerprint density at radius 1 is 1.36 bits per heavy atom. The van der Waals surface area contributed by atoms with Crippen LogP contribution in [-0.2, 0) is 6.54 Å². The molecule has 0 amide bonds. The van der Waals surface area contributed by atoms with E-state index in [0.29, 0.717) is 5.82 Å². The molecule has 2 N–H and O–H groups in total.